The summed E-state index contributed by atoms with van der Waals surface area (Å²) in [5.41, 5.74) is 2.58. The average Bonchev–Trinajstić information content (AvgIpc) is 2.27. The van der Waals surface area contributed by atoms with E-state index in [1.54, 1.807) is 12.2 Å². The molecule has 0 aliphatic heterocycles. The molecule has 0 aliphatic carbocycles. The maximum atomic E-state index is 11.2. The molecule has 0 saturated heterocycles. The lowest BCUT2D eigenvalue weighted by Crippen LogP contribution is -2.01. The van der Waals surface area contributed by atoms with Gasteiger partial charge < -0.3 is 5.11 Å². The molecular weight excluding hydrogens is 224 g/mol. The van der Waals surface area contributed by atoms with Crippen LogP contribution in [0.5, 0.6) is 0 Å². The zero-order valence-electron chi connectivity index (χ0n) is 11.9. The highest BCUT2D eigenvalue weighted by molar-refractivity contribution is 5.90. The molecule has 2 nitrogen and oxygen atoms in total. The Morgan fingerprint density at radius 3 is 2.33 bits per heavy atom. The van der Waals surface area contributed by atoms with Gasteiger partial charge in [0.25, 0.3) is 0 Å². The van der Waals surface area contributed by atoms with Crippen LogP contribution in [0.4, 0.5) is 0 Å². The van der Waals surface area contributed by atoms with E-state index in [0.717, 1.165) is 24.8 Å². The Morgan fingerprint density at radius 2 is 1.83 bits per heavy atom. The Balaban J connectivity index is 4.74. The molecule has 0 fully saturated rings. The van der Waals surface area contributed by atoms with Crippen LogP contribution in [-0.2, 0) is 4.79 Å². The normalized spacial score (nSPS) is 12.9. The van der Waals surface area contributed by atoms with Gasteiger partial charge in [-0.05, 0) is 46.1 Å². The van der Waals surface area contributed by atoms with E-state index in [-0.39, 0.29) is 0 Å². The van der Waals surface area contributed by atoms with Gasteiger partial charge in [0.2, 0.25) is 0 Å². The van der Waals surface area contributed by atoms with Crippen LogP contribution in [0.15, 0.2) is 47.1 Å². The number of hydrogen-bond acceptors (Lipinski definition) is 1. The van der Waals surface area contributed by atoms with Gasteiger partial charge in [0.1, 0.15) is 0 Å². The van der Waals surface area contributed by atoms with Crippen molar-refractivity contribution in [1.82, 2.24) is 0 Å². The molecule has 0 amide bonds. The van der Waals surface area contributed by atoms with Crippen LogP contribution in [0.2, 0.25) is 0 Å². The van der Waals surface area contributed by atoms with E-state index in [0.29, 0.717) is 5.57 Å². The van der Waals surface area contributed by atoms with Gasteiger partial charge in [0, 0.05) is 0 Å². The Kier molecular flexibility index (Phi) is 8.63. The van der Waals surface area contributed by atoms with Gasteiger partial charge in [0.15, 0.2) is 0 Å². The Labute approximate surface area is 110 Å². The topological polar surface area (TPSA) is 37.3 Å². The third-order valence-electron chi connectivity index (χ3n) is 2.51. The van der Waals surface area contributed by atoms with Crippen molar-refractivity contribution in [3.63, 3.8) is 0 Å². The van der Waals surface area contributed by atoms with E-state index in [1.807, 2.05) is 39.8 Å². The van der Waals surface area contributed by atoms with Crippen LogP contribution in [0.3, 0.4) is 0 Å². The first-order valence-corrected chi connectivity index (χ1v) is 6.38. The molecule has 0 heterocycles. The fourth-order valence-corrected chi connectivity index (χ4v) is 1.47. The molecular formula is C16H24O2. The summed E-state index contributed by atoms with van der Waals surface area (Å²) in [6.45, 7) is 8.03. The fraction of sp³-hybridized carbons (Fsp3) is 0.438. The summed E-state index contributed by atoms with van der Waals surface area (Å²) in [4.78, 5) is 11.2. The van der Waals surface area contributed by atoms with Gasteiger partial charge in [-0.25, -0.2) is 4.79 Å². The molecule has 0 aromatic rings. The van der Waals surface area contributed by atoms with E-state index >= 15 is 0 Å². The predicted octanol–water partition coefficient (Wildman–Crippen LogP) is 4.66. The van der Waals surface area contributed by atoms with Crippen molar-refractivity contribution in [2.24, 2.45) is 0 Å². The zero-order valence-corrected chi connectivity index (χ0v) is 11.9. The standard InChI is InChI=1S/C16H24O2/c1-5-6-7-8-12-15(16(17)18)14(4)11-9-10-13(2)3/h6-8,10,12H,5,9,11H2,1-4H3,(H,17,18). The molecule has 0 radical (unpaired) electrons. The van der Waals surface area contributed by atoms with E-state index in [9.17, 15) is 4.79 Å². The van der Waals surface area contributed by atoms with Crippen molar-refractivity contribution < 1.29 is 9.90 Å². The van der Waals surface area contributed by atoms with Crippen molar-refractivity contribution in [2.45, 2.75) is 47.0 Å². The van der Waals surface area contributed by atoms with Crippen LogP contribution in [0, 0.1) is 0 Å². The highest BCUT2D eigenvalue weighted by Crippen LogP contribution is 2.14. The Bertz CT molecular complexity index is 378. The van der Waals surface area contributed by atoms with Gasteiger partial charge in [-0.3, -0.25) is 0 Å². The lowest BCUT2D eigenvalue weighted by Gasteiger charge is -2.03. The Hall–Kier alpha value is -1.57. The third-order valence-corrected chi connectivity index (χ3v) is 2.51. The second kappa shape index (κ2) is 9.46. The number of allylic oxidation sites excluding steroid dienone is 6. The number of carboxylic acid groups (broad SMARTS) is 1. The van der Waals surface area contributed by atoms with Gasteiger partial charge in [0.05, 0.1) is 5.57 Å². The van der Waals surface area contributed by atoms with E-state index in [2.05, 4.69) is 6.08 Å². The fourth-order valence-electron chi connectivity index (χ4n) is 1.47. The summed E-state index contributed by atoms with van der Waals surface area (Å²) in [5, 5.41) is 9.16. The summed E-state index contributed by atoms with van der Waals surface area (Å²) < 4.78 is 0. The second-order valence-corrected chi connectivity index (χ2v) is 4.51. The maximum absolute atomic E-state index is 11.2. The highest BCUT2D eigenvalue weighted by atomic mass is 16.4. The zero-order chi connectivity index (χ0) is 14.0. The lowest BCUT2D eigenvalue weighted by atomic mass is 10.0. The highest BCUT2D eigenvalue weighted by Gasteiger charge is 2.06. The van der Waals surface area contributed by atoms with E-state index in [4.69, 9.17) is 5.11 Å². The van der Waals surface area contributed by atoms with Gasteiger partial charge >= 0.3 is 5.97 Å². The van der Waals surface area contributed by atoms with Gasteiger partial charge in [-0.15, -0.1) is 0 Å². The largest absolute Gasteiger partial charge is 0.478 e. The van der Waals surface area contributed by atoms with Crippen LogP contribution in [0.25, 0.3) is 0 Å². The van der Waals surface area contributed by atoms with Crippen molar-refractivity contribution in [3.8, 4) is 0 Å². The summed E-state index contributed by atoms with van der Waals surface area (Å²) in [6.07, 6.45) is 12.1. The van der Waals surface area contributed by atoms with Crippen LogP contribution in [0.1, 0.15) is 47.0 Å². The minimum Gasteiger partial charge on any atom is -0.478 e. The minimum atomic E-state index is -0.856. The number of carboxylic acids is 1. The molecule has 100 valence electrons. The smallest absolute Gasteiger partial charge is 0.335 e. The number of carbonyl (C=O) groups is 1. The SMILES string of the molecule is CCC=CC=CC(C(=O)O)=C(C)CCC=C(C)C. The molecule has 0 spiro atoms. The van der Waals surface area contributed by atoms with Crippen LogP contribution < -0.4 is 0 Å². The quantitative estimate of drug-likeness (QED) is 0.404. The first-order valence-electron chi connectivity index (χ1n) is 6.38. The number of rotatable bonds is 7. The lowest BCUT2D eigenvalue weighted by molar-refractivity contribution is -0.132. The third kappa shape index (κ3) is 7.66. The molecule has 0 atom stereocenters. The van der Waals surface area contributed by atoms with E-state index in [1.165, 1.54) is 5.57 Å². The summed E-state index contributed by atoms with van der Waals surface area (Å²) >= 11 is 0. The average molecular weight is 248 g/mol. The summed E-state index contributed by atoms with van der Waals surface area (Å²) in [6, 6.07) is 0. The second-order valence-electron chi connectivity index (χ2n) is 4.51. The van der Waals surface area contributed by atoms with Crippen molar-refractivity contribution in [1.29, 1.82) is 0 Å². The molecule has 0 unspecified atom stereocenters. The maximum Gasteiger partial charge on any atom is 0.335 e. The molecule has 18 heavy (non-hydrogen) atoms. The molecule has 0 aliphatic rings. The van der Waals surface area contributed by atoms with Gasteiger partial charge in [-0.1, -0.05) is 42.4 Å². The first-order chi connectivity index (χ1) is 8.49. The van der Waals surface area contributed by atoms with Crippen molar-refractivity contribution in [3.05, 3.63) is 47.1 Å². The molecule has 2 heteroatoms. The van der Waals surface area contributed by atoms with Crippen LogP contribution >= 0.6 is 0 Å². The number of hydrogen-bond donors (Lipinski definition) is 1. The van der Waals surface area contributed by atoms with Crippen molar-refractivity contribution in [2.75, 3.05) is 0 Å². The molecule has 0 bridgehead atoms. The monoisotopic (exact) mass is 248 g/mol. The van der Waals surface area contributed by atoms with E-state index < -0.39 is 5.97 Å². The molecule has 0 aromatic carbocycles. The molecule has 1 N–H and O–H groups in total. The number of aliphatic carboxylic acids is 1. The van der Waals surface area contributed by atoms with Gasteiger partial charge in [-0.2, -0.15) is 0 Å². The summed E-state index contributed by atoms with van der Waals surface area (Å²) in [7, 11) is 0. The molecule has 0 aromatic heterocycles. The molecule has 0 rings (SSSR count). The van der Waals surface area contributed by atoms with Crippen LogP contribution in [-0.4, -0.2) is 11.1 Å². The molecule has 0 saturated carbocycles. The summed E-state index contributed by atoms with van der Waals surface area (Å²) in [5.74, 6) is -0.856. The first kappa shape index (κ1) is 16.4. The predicted molar refractivity (Wildman–Crippen MR) is 77.6 cm³/mol. The van der Waals surface area contributed by atoms with Crippen molar-refractivity contribution >= 4 is 5.97 Å². The minimum absolute atomic E-state index is 0.401. The Morgan fingerprint density at radius 1 is 1.17 bits per heavy atom.